The predicted molar refractivity (Wildman–Crippen MR) is 247 cm³/mol. The second-order valence-electron chi connectivity index (χ2n) is 16.1. The first-order chi connectivity index (χ1) is 31.8. The Morgan fingerprint density at radius 2 is 1.40 bits per heavy atom. The summed E-state index contributed by atoms with van der Waals surface area (Å²) in [5, 5.41) is 12.9. The van der Waals surface area contributed by atoms with Crippen LogP contribution in [0.5, 0.6) is 0 Å². The van der Waals surface area contributed by atoms with E-state index in [1.165, 1.54) is 16.7 Å². The Kier molecular flexibility index (Phi) is 13.3. The molecule has 3 amide bonds. The van der Waals surface area contributed by atoms with Gasteiger partial charge in [0.05, 0.1) is 31.8 Å². The number of likely N-dealkylation sites (tertiary alicyclic amines) is 1. The zero-order chi connectivity index (χ0) is 44.7. The van der Waals surface area contributed by atoms with E-state index in [1.807, 2.05) is 164 Å². The third-order valence-electron chi connectivity index (χ3n) is 11.8. The first-order valence-corrected chi connectivity index (χ1v) is 22.5. The smallest absolute Gasteiger partial charge is 0.408 e. The monoisotopic (exact) mass is 885 g/mol. The molecular weight excluding hydrogens is 839 g/mol. The maximum Gasteiger partial charge on any atom is 0.408 e. The molecule has 9 rings (SSSR count). The van der Waals surface area contributed by atoms with Gasteiger partial charge in [-0.2, -0.15) is 0 Å². The maximum absolute atomic E-state index is 13.5. The topological polar surface area (TPSA) is 140 Å². The summed E-state index contributed by atoms with van der Waals surface area (Å²) < 4.78 is 25.3. The van der Waals surface area contributed by atoms with Gasteiger partial charge in [0, 0.05) is 28.4 Å². The zero-order valence-corrected chi connectivity index (χ0v) is 36.4. The summed E-state index contributed by atoms with van der Waals surface area (Å²) in [6.07, 6.45) is -2.21. The Bertz CT molecular complexity index is 2680. The Labute approximate surface area is 381 Å². The number of carbonyl (C=O) groups excluding carboxylic acids is 3. The van der Waals surface area contributed by atoms with E-state index in [2.05, 4.69) is 12.2 Å². The summed E-state index contributed by atoms with van der Waals surface area (Å²) in [5.74, 6) is 0.326. The number of alkyl carbamates (subject to hydrolysis) is 1. The Hall–Kier alpha value is -6.83. The Morgan fingerprint density at radius 3 is 2.11 bits per heavy atom. The SMILES string of the molecule is CC1C(CSc2nc(-c3ccccc3)c(-c3ccccc3)o2)OC(c2ccc(-c3ccccc3CN3C(=O)CC(NC(=O)OCc4ccccc4)C3=O)cc2)OC1c1ccc(CO)cc1. The third-order valence-corrected chi connectivity index (χ3v) is 12.7. The Balaban J connectivity index is 0.916. The summed E-state index contributed by atoms with van der Waals surface area (Å²) in [6.45, 7) is 2.16. The van der Waals surface area contributed by atoms with Crippen molar-refractivity contribution in [3.05, 3.63) is 192 Å². The molecule has 0 bridgehead atoms. The number of oxazole rings is 1. The van der Waals surface area contributed by atoms with Crippen LogP contribution in [0.15, 0.2) is 173 Å². The molecule has 1 aromatic heterocycles. The van der Waals surface area contributed by atoms with Crippen molar-refractivity contribution in [3.63, 3.8) is 0 Å². The largest absolute Gasteiger partial charge is 0.445 e. The number of rotatable bonds is 14. The van der Waals surface area contributed by atoms with E-state index in [1.54, 1.807) is 0 Å². The number of benzene rings is 6. The average molecular weight is 886 g/mol. The summed E-state index contributed by atoms with van der Waals surface area (Å²) in [6, 6.07) is 51.6. The minimum absolute atomic E-state index is 0.0415. The lowest BCUT2D eigenvalue weighted by Gasteiger charge is -2.41. The van der Waals surface area contributed by atoms with Crippen LogP contribution in [0.1, 0.15) is 53.6 Å². The van der Waals surface area contributed by atoms with Gasteiger partial charge in [-0.3, -0.25) is 14.5 Å². The molecule has 2 aliphatic heterocycles. The summed E-state index contributed by atoms with van der Waals surface area (Å²) in [5.41, 5.74) is 8.60. The molecule has 5 unspecified atom stereocenters. The standard InChI is InChI=1S/C53H47N3O8S/c1-34-45(33-65-53-55-47(38-15-7-3-8-16-38)49(64-53)39-17-9-4-10-18-39)62-51(63-48(34)40-23-21-35(31-57)22-24-40)41-27-25-37(26-28-41)43-20-12-11-19-42(43)30-56-46(58)29-44(50(56)59)54-52(60)61-32-36-13-5-2-6-14-36/h2-28,34,44-45,48,51,57H,29-33H2,1H3,(H,54,60). The van der Waals surface area contributed by atoms with Gasteiger partial charge in [0.1, 0.15) is 18.3 Å². The molecule has 2 aliphatic rings. The lowest BCUT2D eigenvalue weighted by Crippen LogP contribution is -2.41. The highest BCUT2D eigenvalue weighted by molar-refractivity contribution is 7.99. The highest BCUT2D eigenvalue weighted by Gasteiger charge is 2.41. The first-order valence-electron chi connectivity index (χ1n) is 21.6. The first kappa shape index (κ1) is 43.4. The summed E-state index contributed by atoms with van der Waals surface area (Å²) >= 11 is 1.50. The molecule has 0 radical (unpaired) electrons. The predicted octanol–water partition coefficient (Wildman–Crippen LogP) is 10.3. The number of imide groups is 1. The molecule has 2 saturated heterocycles. The molecule has 5 atom stereocenters. The zero-order valence-electron chi connectivity index (χ0n) is 35.6. The van der Waals surface area contributed by atoms with E-state index in [-0.39, 0.29) is 50.2 Å². The number of nitrogens with zero attached hydrogens (tertiary/aromatic N) is 2. The van der Waals surface area contributed by atoms with Crippen molar-refractivity contribution in [1.82, 2.24) is 15.2 Å². The Morgan fingerprint density at radius 1 is 0.754 bits per heavy atom. The van der Waals surface area contributed by atoms with Gasteiger partial charge in [-0.25, -0.2) is 9.78 Å². The molecule has 328 valence electrons. The van der Waals surface area contributed by atoms with Crippen LogP contribution in [0.4, 0.5) is 4.79 Å². The van der Waals surface area contributed by atoms with Gasteiger partial charge in [0.15, 0.2) is 12.1 Å². The van der Waals surface area contributed by atoms with Crippen LogP contribution in [-0.4, -0.2) is 50.8 Å². The fourth-order valence-electron chi connectivity index (χ4n) is 8.20. The molecule has 11 nitrogen and oxygen atoms in total. The minimum Gasteiger partial charge on any atom is -0.445 e. The molecule has 6 aromatic carbocycles. The molecule has 2 fully saturated rings. The van der Waals surface area contributed by atoms with Crippen molar-refractivity contribution in [2.75, 3.05) is 5.75 Å². The van der Waals surface area contributed by atoms with Gasteiger partial charge in [0.25, 0.3) is 11.1 Å². The number of hydrogen-bond acceptors (Lipinski definition) is 10. The second kappa shape index (κ2) is 19.9. The van der Waals surface area contributed by atoms with Crippen molar-refractivity contribution >= 4 is 29.7 Å². The van der Waals surface area contributed by atoms with Crippen LogP contribution >= 0.6 is 11.8 Å². The van der Waals surface area contributed by atoms with Crippen LogP contribution in [0, 0.1) is 5.92 Å². The number of carbonyl (C=O) groups is 3. The molecule has 2 N–H and O–H groups in total. The molecule has 0 saturated carbocycles. The average Bonchev–Trinajstić information content (AvgIpc) is 3.90. The fraction of sp³-hybridized carbons (Fsp3) is 0.208. The van der Waals surface area contributed by atoms with Gasteiger partial charge < -0.3 is 29.1 Å². The third kappa shape index (κ3) is 9.96. The summed E-state index contributed by atoms with van der Waals surface area (Å²) in [7, 11) is 0. The number of aliphatic hydroxyl groups is 1. The van der Waals surface area contributed by atoms with Crippen molar-refractivity contribution in [2.24, 2.45) is 5.92 Å². The lowest BCUT2D eigenvalue weighted by atomic mass is 9.91. The van der Waals surface area contributed by atoms with Gasteiger partial charge in [-0.1, -0.05) is 182 Å². The van der Waals surface area contributed by atoms with Crippen molar-refractivity contribution in [3.8, 4) is 33.7 Å². The number of hydrogen-bond donors (Lipinski definition) is 2. The number of nitrogens with one attached hydrogen (secondary N) is 1. The molecule has 12 heteroatoms. The quantitative estimate of drug-likeness (QED) is 0.0801. The van der Waals surface area contributed by atoms with Crippen LogP contribution < -0.4 is 5.32 Å². The van der Waals surface area contributed by atoms with E-state index < -0.39 is 24.3 Å². The summed E-state index contributed by atoms with van der Waals surface area (Å²) in [4.78, 5) is 45.4. The molecule has 3 heterocycles. The number of aliphatic hydroxyl groups excluding tert-OH is 1. The number of ether oxygens (including phenoxy) is 3. The number of thioether (sulfide) groups is 1. The van der Waals surface area contributed by atoms with Gasteiger partial charge in [-0.15, -0.1) is 0 Å². The lowest BCUT2D eigenvalue weighted by molar-refractivity contribution is -0.268. The van der Waals surface area contributed by atoms with Crippen LogP contribution in [0.3, 0.4) is 0 Å². The fourth-order valence-corrected chi connectivity index (χ4v) is 9.19. The molecule has 0 aliphatic carbocycles. The minimum atomic E-state index is -1.01. The number of aromatic nitrogens is 1. The van der Waals surface area contributed by atoms with Gasteiger partial charge >= 0.3 is 6.09 Å². The van der Waals surface area contributed by atoms with Gasteiger partial charge in [-0.05, 0) is 33.4 Å². The van der Waals surface area contributed by atoms with E-state index in [9.17, 15) is 19.5 Å². The van der Waals surface area contributed by atoms with Crippen LogP contribution in [0.25, 0.3) is 33.7 Å². The van der Waals surface area contributed by atoms with E-state index in [4.69, 9.17) is 23.6 Å². The molecule has 65 heavy (non-hydrogen) atoms. The highest BCUT2D eigenvalue weighted by atomic mass is 32.2. The van der Waals surface area contributed by atoms with Crippen LogP contribution in [-0.2, 0) is 43.6 Å². The van der Waals surface area contributed by atoms with Gasteiger partial charge in [0.2, 0.25) is 5.91 Å². The second-order valence-corrected chi connectivity index (χ2v) is 17.1. The molecular formula is C53H47N3O8S. The van der Waals surface area contributed by atoms with E-state index in [0.717, 1.165) is 55.8 Å². The maximum atomic E-state index is 13.5. The van der Waals surface area contributed by atoms with Crippen molar-refractivity contribution in [2.45, 2.75) is 62.9 Å². The highest BCUT2D eigenvalue weighted by Crippen LogP contribution is 2.44. The number of amides is 3. The van der Waals surface area contributed by atoms with E-state index in [0.29, 0.717) is 16.7 Å². The molecule has 7 aromatic rings. The normalized spacial score (nSPS) is 19.6. The van der Waals surface area contributed by atoms with Crippen LogP contribution in [0.2, 0.25) is 0 Å². The van der Waals surface area contributed by atoms with E-state index >= 15 is 0 Å². The van der Waals surface area contributed by atoms with Crippen molar-refractivity contribution < 1.29 is 38.1 Å². The van der Waals surface area contributed by atoms with Crippen molar-refractivity contribution in [1.29, 1.82) is 0 Å². The molecule has 0 spiro atoms.